The van der Waals surface area contributed by atoms with Crippen molar-refractivity contribution in [1.82, 2.24) is 9.62 Å². The molecular weight excluding hydrogens is 320 g/mol. The first kappa shape index (κ1) is 17.2. The monoisotopic (exact) mass is 340 g/mol. The van der Waals surface area contributed by atoms with Crippen LogP contribution in [0.2, 0.25) is 0 Å². The molecular formula is C16H21ClN2O2S. The van der Waals surface area contributed by atoms with Crippen LogP contribution in [0.4, 0.5) is 0 Å². The maximum Gasteiger partial charge on any atom is 0.243 e. The lowest BCUT2D eigenvalue weighted by Gasteiger charge is -2.32. The molecule has 6 heteroatoms. The highest BCUT2D eigenvalue weighted by Gasteiger charge is 2.30. The van der Waals surface area contributed by atoms with Gasteiger partial charge in [0.25, 0.3) is 0 Å². The average Bonchev–Trinajstić information content (AvgIpc) is 2.54. The Bertz CT molecular complexity index is 743. The second kappa shape index (κ2) is 6.96. The van der Waals surface area contributed by atoms with Crippen molar-refractivity contribution in [3.05, 3.63) is 42.5 Å². The van der Waals surface area contributed by atoms with Gasteiger partial charge in [0.2, 0.25) is 10.0 Å². The molecule has 1 aliphatic rings. The summed E-state index contributed by atoms with van der Waals surface area (Å²) in [5.41, 5.74) is 0. The van der Waals surface area contributed by atoms with Crippen molar-refractivity contribution in [2.75, 3.05) is 20.1 Å². The van der Waals surface area contributed by atoms with E-state index in [1.54, 1.807) is 10.4 Å². The Kier molecular flexibility index (Phi) is 5.45. The number of nitrogens with zero attached hydrogens (tertiary/aromatic N) is 1. The Morgan fingerprint density at radius 2 is 1.86 bits per heavy atom. The predicted octanol–water partition coefficient (Wildman–Crippen LogP) is 2.63. The summed E-state index contributed by atoms with van der Waals surface area (Å²) in [7, 11) is -1.55. The van der Waals surface area contributed by atoms with Gasteiger partial charge in [-0.25, -0.2) is 8.42 Å². The molecule has 1 saturated heterocycles. The van der Waals surface area contributed by atoms with E-state index >= 15 is 0 Å². The Balaban J connectivity index is 0.00000176. The largest absolute Gasteiger partial charge is 0.316 e. The van der Waals surface area contributed by atoms with Gasteiger partial charge < -0.3 is 5.32 Å². The predicted molar refractivity (Wildman–Crippen MR) is 92.0 cm³/mol. The Labute approximate surface area is 138 Å². The average molecular weight is 341 g/mol. The van der Waals surface area contributed by atoms with Crippen LogP contribution in [0.3, 0.4) is 0 Å². The molecule has 0 spiro atoms. The number of nitrogens with one attached hydrogen (secondary N) is 1. The van der Waals surface area contributed by atoms with Gasteiger partial charge in [-0.2, -0.15) is 4.31 Å². The molecule has 0 aliphatic carbocycles. The van der Waals surface area contributed by atoms with E-state index in [1.807, 2.05) is 43.4 Å². The standard InChI is InChI=1S/C16H20N2O2S.ClH/c1-17-14-8-5-11-18(12-14)21(19,20)16-10-4-7-13-6-2-3-9-15(13)16;/h2-4,6-7,9-10,14,17H,5,8,11-12H2,1H3;1H. The number of hydrogen-bond donors (Lipinski definition) is 1. The van der Waals surface area contributed by atoms with Crippen molar-refractivity contribution in [3.63, 3.8) is 0 Å². The highest BCUT2D eigenvalue weighted by molar-refractivity contribution is 7.89. The molecule has 0 aromatic heterocycles. The molecule has 1 aliphatic heterocycles. The van der Waals surface area contributed by atoms with Gasteiger partial charge in [-0.15, -0.1) is 12.4 Å². The lowest BCUT2D eigenvalue weighted by Crippen LogP contribution is -2.46. The molecule has 3 rings (SSSR count). The SMILES string of the molecule is CNC1CCCN(S(=O)(=O)c2cccc3ccccc23)C1.Cl. The molecule has 1 fully saturated rings. The zero-order valence-electron chi connectivity index (χ0n) is 12.5. The van der Waals surface area contributed by atoms with Crippen molar-refractivity contribution in [2.45, 2.75) is 23.8 Å². The fraction of sp³-hybridized carbons (Fsp3) is 0.375. The van der Waals surface area contributed by atoms with E-state index < -0.39 is 10.0 Å². The van der Waals surface area contributed by atoms with Gasteiger partial charge in [-0.1, -0.05) is 36.4 Å². The van der Waals surface area contributed by atoms with Crippen molar-refractivity contribution in [3.8, 4) is 0 Å². The molecule has 1 N–H and O–H groups in total. The minimum atomic E-state index is -3.44. The smallest absolute Gasteiger partial charge is 0.243 e. The van der Waals surface area contributed by atoms with E-state index in [4.69, 9.17) is 0 Å². The Morgan fingerprint density at radius 1 is 1.14 bits per heavy atom. The number of hydrogen-bond acceptors (Lipinski definition) is 3. The highest BCUT2D eigenvalue weighted by Crippen LogP contribution is 2.27. The van der Waals surface area contributed by atoms with Crippen LogP contribution in [0.15, 0.2) is 47.4 Å². The topological polar surface area (TPSA) is 49.4 Å². The summed E-state index contributed by atoms with van der Waals surface area (Å²) in [6.07, 6.45) is 1.92. The minimum absolute atomic E-state index is 0. The molecule has 2 aromatic rings. The third kappa shape index (κ3) is 3.13. The minimum Gasteiger partial charge on any atom is -0.316 e. The lowest BCUT2D eigenvalue weighted by atomic mass is 10.1. The fourth-order valence-corrected chi connectivity index (χ4v) is 4.69. The number of fused-ring (bicyclic) bond motifs is 1. The highest BCUT2D eigenvalue weighted by atomic mass is 35.5. The fourth-order valence-electron chi connectivity index (χ4n) is 2.96. The molecule has 1 atom stereocenters. The number of halogens is 1. The summed E-state index contributed by atoms with van der Waals surface area (Å²) in [4.78, 5) is 0.414. The maximum atomic E-state index is 13.0. The van der Waals surface area contributed by atoms with E-state index in [9.17, 15) is 8.42 Å². The number of likely N-dealkylation sites (N-methyl/N-ethyl adjacent to an activating group) is 1. The number of piperidine rings is 1. The summed E-state index contributed by atoms with van der Waals surface area (Å²) >= 11 is 0. The van der Waals surface area contributed by atoms with E-state index in [0.29, 0.717) is 18.0 Å². The maximum absolute atomic E-state index is 13.0. The lowest BCUT2D eigenvalue weighted by molar-refractivity contribution is 0.293. The van der Waals surface area contributed by atoms with Gasteiger partial charge in [0, 0.05) is 24.5 Å². The first-order valence-electron chi connectivity index (χ1n) is 7.28. The molecule has 0 saturated carbocycles. The summed E-state index contributed by atoms with van der Waals surface area (Å²) < 4.78 is 27.5. The quantitative estimate of drug-likeness (QED) is 0.934. The van der Waals surface area contributed by atoms with Gasteiger partial charge in [0.05, 0.1) is 4.90 Å². The van der Waals surface area contributed by atoms with E-state index in [-0.39, 0.29) is 18.4 Å². The molecule has 1 heterocycles. The summed E-state index contributed by atoms with van der Waals surface area (Å²) in [6, 6.07) is 13.3. The molecule has 2 aromatic carbocycles. The van der Waals surface area contributed by atoms with Gasteiger partial charge in [-0.3, -0.25) is 0 Å². The van der Waals surface area contributed by atoms with Crippen molar-refractivity contribution in [1.29, 1.82) is 0 Å². The molecule has 1 unspecified atom stereocenters. The van der Waals surface area contributed by atoms with Crippen molar-refractivity contribution < 1.29 is 8.42 Å². The second-order valence-electron chi connectivity index (χ2n) is 5.47. The zero-order valence-corrected chi connectivity index (χ0v) is 14.2. The molecule has 4 nitrogen and oxygen atoms in total. The number of sulfonamides is 1. The molecule has 22 heavy (non-hydrogen) atoms. The van der Waals surface area contributed by atoms with Crippen LogP contribution >= 0.6 is 12.4 Å². The van der Waals surface area contributed by atoms with E-state index in [1.165, 1.54) is 0 Å². The van der Waals surface area contributed by atoms with Crippen LogP contribution in [0.5, 0.6) is 0 Å². The first-order valence-corrected chi connectivity index (χ1v) is 8.72. The zero-order chi connectivity index (χ0) is 14.9. The van der Waals surface area contributed by atoms with E-state index in [2.05, 4.69) is 5.32 Å². The number of rotatable bonds is 3. The summed E-state index contributed by atoms with van der Waals surface area (Å²) in [5.74, 6) is 0. The molecule has 0 bridgehead atoms. The number of benzene rings is 2. The van der Waals surface area contributed by atoms with Gasteiger partial charge >= 0.3 is 0 Å². The normalized spacial score (nSPS) is 19.8. The first-order chi connectivity index (χ1) is 10.1. The van der Waals surface area contributed by atoms with Crippen molar-refractivity contribution >= 4 is 33.2 Å². The summed E-state index contributed by atoms with van der Waals surface area (Å²) in [5, 5.41) is 4.95. The third-order valence-electron chi connectivity index (χ3n) is 4.16. The van der Waals surface area contributed by atoms with Crippen molar-refractivity contribution in [2.24, 2.45) is 0 Å². The van der Waals surface area contributed by atoms with Gasteiger partial charge in [-0.05, 0) is 31.3 Å². The van der Waals surface area contributed by atoms with E-state index in [0.717, 1.165) is 23.6 Å². The Hall–Kier alpha value is -1.14. The van der Waals surface area contributed by atoms with Gasteiger partial charge in [0.1, 0.15) is 0 Å². The Morgan fingerprint density at radius 3 is 2.64 bits per heavy atom. The summed E-state index contributed by atoms with van der Waals surface area (Å²) in [6.45, 7) is 1.14. The van der Waals surface area contributed by atoms with Crippen LogP contribution in [-0.2, 0) is 10.0 Å². The molecule has 0 radical (unpaired) electrons. The van der Waals surface area contributed by atoms with Crippen LogP contribution in [0.1, 0.15) is 12.8 Å². The van der Waals surface area contributed by atoms with Crippen LogP contribution in [0, 0.1) is 0 Å². The third-order valence-corrected chi connectivity index (χ3v) is 6.08. The molecule has 120 valence electrons. The van der Waals surface area contributed by atoms with Crippen LogP contribution in [0.25, 0.3) is 10.8 Å². The second-order valence-corrected chi connectivity index (χ2v) is 7.37. The van der Waals surface area contributed by atoms with Crippen LogP contribution < -0.4 is 5.32 Å². The van der Waals surface area contributed by atoms with Gasteiger partial charge in [0.15, 0.2) is 0 Å². The van der Waals surface area contributed by atoms with Crippen LogP contribution in [-0.4, -0.2) is 38.9 Å². The molecule has 0 amide bonds.